The predicted molar refractivity (Wildman–Crippen MR) is 84.6 cm³/mol. The van der Waals surface area contributed by atoms with Gasteiger partial charge >= 0.3 is 11.9 Å². The number of carbonyl (C=O) groups is 4. The maximum atomic E-state index is 12.2. The first kappa shape index (κ1) is 19.9. The number of hydrogen-bond acceptors (Lipinski definition) is 6. The predicted octanol–water partition coefficient (Wildman–Crippen LogP) is -1.58. The largest absolute Gasteiger partial charge is 0.508 e. The van der Waals surface area contributed by atoms with Crippen LogP contribution < -0.4 is 16.4 Å². The SMILES string of the molecule is NCC(=O)N[C@@H](CC(=O)O)C(=O)N[C@@H](Cc1ccc(O)cc1)C(=O)O. The van der Waals surface area contributed by atoms with E-state index in [0.717, 1.165) is 0 Å². The normalized spacial score (nSPS) is 12.7. The standard InChI is InChI=1S/C15H19N3O7/c16-7-12(20)17-10(6-13(21)22)14(23)18-11(15(24)25)5-8-1-3-9(19)4-2-8/h1-4,10-11,19H,5-7,16H2,(H,17,20)(H,18,23)(H,21,22)(H,24,25)/t10-,11-/m0/s1. The molecule has 0 unspecified atom stereocenters. The molecule has 1 aromatic rings. The fraction of sp³-hybridized carbons (Fsp3) is 0.333. The molecule has 0 bridgehead atoms. The van der Waals surface area contributed by atoms with Crippen molar-refractivity contribution in [3.05, 3.63) is 29.8 Å². The van der Waals surface area contributed by atoms with Crippen molar-refractivity contribution >= 4 is 23.8 Å². The van der Waals surface area contributed by atoms with Gasteiger partial charge in [-0.25, -0.2) is 4.79 Å². The third-order valence-corrected chi connectivity index (χ3v) is 3.21. The summed E-state index contributed by atoms with van der Waals surface area (Å²) < 4.78 is 0. The van der Waals surface area contributed by atoms with Crippen LogP contribution in [0.3, 0.4) is 0 Å². The fourth-order valence-electron chi connectivity index (χ4n) is 1.98. The summed E-state index contributed by atoms with van der Waals surface area (Å²) in [5.41, 5.74) is 5.64. The molecular weight excluding hydrogens is 334 g/mol. The summed E-state index contributed by atoms with van der Waals surface area (Å²) in [6.07, 6.45) is -0.810. The number of carbonyl (C=O) groups excluding carboxylic acids is 2. The first-order chi connectivity index (χ1) is 11.7. The first-order valence-corrected chi connectivity index (χ1v) is 7.25. The maximum absolute atomic E-state index is 12.2. The van der Waals surface area contributed by atoms with E-state index in [4.69, 9.17) is 10.8 Å². The second-order valence-corrected chi connectivity index (χ2v) is 5.19. The number of aliphatic carboxylic acids is 2. The number of carboxylic acid groups (broad SMARTS) is 2. The molecule has 10 nitrogen and oxygen atoms in total. The molecule has 1 rings (SSSR count). The van der Waals surface area contributed by atoms with Gasteiger partial charge in [0.2, 0.25) is 11.8 Å². The van der Waals surface area contributed by atoms with Crippen LogP contribution in [-0.4, -0.2) is 57.7 Å². The topological polar surface area (TPSA) is 179 Å². The smallest absolute Gasteiger partial charge is 0.326 e. The Balaban J connectivity index is 2.83. The number of hydrogen-bond donors (Lipinski definition) is 6. The summed E-state index contributed by atoms with van der Waals surface area (Å²) in [4.78, 5) is 45.6. The maximum Gasteiger partial charge on any atom is 0.326 e. The summed E-state index contributed by atoms with van der Waals surface area (Å²) >= 11 is 0. The Bertz CT molecular complexity index is 645. The van der Waals surface area contributed by atoms with E-state index in [1.54, 1.807) is 0 Å². The lowest BCUT2D eigenvalue weighted by atomic mass is 10.0. The molecule has 0 aromatic heterocycles. The molecule has 0 fully saturated rings. The minimum atomic E-state index is -1.45. The average Bonchev–Trinajstić information content (AvgIpc) is 2.54. The van der Waals surface area contributed by atoms with Crippen molar-refractivity contribution in [3.63, 3.8) is 0 Å². The zero-order valence-corrected chi connectivity index (χ0v) is 13.1. The lowest BCUT2D eigenvalue weighted by molar-refractivity contribution is -0.143. The lowest BCUT2D eigenvalue weighted by Gasteiger charge is -2.20. The van der Waals surface area contributed by atoms with Gasteiger partial charge in [-0.2, -0.15) is 0 Å². The summed E-state index contributed by atoms with van der Waals surface area (Å²) in [6, 6.07) is 2.92. The van der Waals surface area contributed by atoms with Crippen LogP contribution in [0.5, 0.6) is 5.75 Å². The number of phenolic OH excluding ortho intramolecular Hbond substituents is 1. The van der Waals surface area contributed by atoms with Crippen molar-refractivity contribution in [1.82, 2.24) is 10.6 Å². The highest BCUT2D eigenvalue weighted by Gasteiger charge is 2.28. The zero-order valence-electron chi connectivity index (χ0n) is 13.1. The average molecular weight is 353 g/mol. The van der Waals surface area contributed by atoms with Gasteiger partial charge < -0.3 is 31.7 Å². The quantitative estimate of drug-likeness (QED) is 0.308. The Labute approximate surface area is 142 Å². The van der Waals surface area contributed by atoms with Crippen LogP contribution in [-0.2, 0) is 25.6 Å². The molecule has 0 aliphatic carbocycles. The molecule has 0 saturated heterocycles. The van der Waals surface area contributed by atoms with Crippen LogP contribution in [0.1, 0.15) is 12.0 Å². The van der Waals surface area contributed by atoms with E-state index in [-0.39, 0.29) is 12.2 Å². The number of nitrogens with one attached hydrogen (secondary N) is 2. The Hall–Kier alpha value is -3.14. The highest BCUT2D eigenvalue weighted by atomic mass is 16.4. The molecule has 10 heteroatoms. The molecule has 0 radical (unpaired) electrons. The number of benzene rings is 1. The molecule has 0 spiro atoms. The minimum absolute atomic E-state index is 0.00526. The number of rotatable bonds is 9. The van der Waals surface area contributed by atoms with Gasteiger partial charge in [0.05, 0.1) is 13.0 Å². The minimum Gasteiger partial charge on any atom is -0.508 e. The molecule has 0 saturated carbocycles. The first-order valence-electron chi connectivity index (χ1n) is 7.25. The Kier molecular flexibility index (Phi) is 7.35. The van der Waals surface area contributed by atoms with Crippen molar-refractivity contribution < 1.29 is 34.5 Å². The molecule has 25 heavy (non-hydrogen) atoms. The number of amides is 2. The van der Waals surface area contributed by atoms with E-state index in [0.29, 0.717) is 5.56 Å². The van der Waals surface area contributed by atoms with Crippen molar-refractivity contribution in [2.45, 2.75) is 24.9 Å². The van der Waals surface area contributed by atoms with Gasteiger partial charge in [-0.1, -0.05) is 12.1 Å². The van der Waals surface area contributed by atoms with Gasteiger partial charge in [0.1, 0.15) is 17.8 Å². The van der Waals surface area contributed by atoms with Gasteiger partial charge in [-0.05, 0) is 17.7 Å². The van der Waals surface area contributed by atoms with E-state index in [2.05, 4.69) is 10.6 Å². The van der Waals surface area contributed by atoms with Crippen LogP contribution in [0.25, 0.3) is 0 Å². The molecule has 2 atom stereocenters. The zero-order chi connectivity index (χ0) is 19.0. The third-order valence-electron chi connectivity index (χ3n) is 3.21. The molecular formula is C15H19N3O7. The summed E-state index contributed by atoms with van der Waals surface area (Å²) in [7, 11) is 0. The van der Waals surface area contributed by atoms with Gasteiger partial charge in [-0.15, -0.1) is 0 Å². The fourth-order valence-corrected chi connectivity index (χ4v) is 1.98. The molecule has 2 amide bonds. The number of aromatic hydroxyl groups is 1. The molecule has 7 N–H and O–H groups in total. The Morgan fingerprint density at radius 1 is 1.00 bits per heavy atom. The third kappa shape index (κ3) is 6.87. The lowest BCUT2D eigenvalue weighted by Crippen LogP contribution is -2.53. The van der Waals surface area contributed by atoms with Gasteiger partial charge in [0, 0.05) is 6.42 Å². The second-order valence-electron chi connectivity index (χ2n) is 5.19. The Morgan fingerprint density at radius 2 is 1.60 bits per heavy atom. The van der Waals surface area contributed by atoms with Gasteiger partial charge in [0.25, 0.3) is 0 Å². The highest BCUT2D eigenvalue weighted by Crippen LogP contribution is 2.11. The van der Waals surface area contributed by atoms with Crippen LogP contribution in [0.4, 0.5) is 0 Å². The van der Waals surface area contributed by atoms with Crippen molar-refractivity contribution in [3.8, 4) is 5.75 Å². The van der Waals surface area contributed by atoms with Crippen LogP contribution in [0, 0.1) is 0 Å². The molecule has 0 aliphatic rings. The molecule has 0 aliphatic heterocycles. The molecule has 0 heterocycles. The summed E-state index contributed by atoms with van der Waals surface area (Å²) in [6.45, 7) is -0.445. The van der Waals surface area contributed by atoms with Crippen molar-refractivity contribution in [2.24, 2.45) is 5.73 Å². The van der Waals surface area contributed by atoms with Crippen molar-refractivity contribution in [2.75, 3.05) is 6.54 Å². The Morgan fingerprint density at radius 3 is 2.08 bits per heavy atom. The highest BCUT2D eigenvalue weighted by molar-refractivity contribution is 5.93. The van der Waals surface area contributed by atoms with E-state index in [1.807, 2.05) is 0 Å². The van der Waals surface area contributed by atoms with Crippen LogP contribution >= 0.6 is 0 Å². The molecule has 136 valence electrons. The van der Waals surface area contributed by atoms with Crippen LogP contribution in [0.2, 0.25) is 0 Å². The van der Waals surface area contributed by atoms with E-state index >= 15 is 0 Å². The monoisotopic (exact) mass is 353 g/mol. The summed E-state index contributed by atoms with van der Waals surface area (Å²) in [5, 5.41) is 31.6. The van der Waals surface area contributed by atoms with E-state index < -0.39 is 48.8 Å². The summed E-state index contributed by atoms with van der Waals surface area (Å²) in [5.74, 6) is -4.36. The van der Waals surface area contributed by atoms with Gasteiger partial charge in [-0.3, -0.25) is 14.4 Å². The van der Waals surface area contributed by atoms with Crippen LogP contribution in [0.15, 0.2) is 24.3 Å². The second kappa shape index (κ2) is 9.23. The van der Waals surface area contributed by atoms with Gasteiger partial charge in [0.15, 0.2) is 0 Å². The van der Waals surface area contributed by atoms with Crippen molar-refractivity contribution in [1.29, 1.82) is 0 Å². The van der Waals surface area contributed by atoms with E-state index in [1.165, 1.54) is 24.3 Å². The molecule has 1 aromatic carbocycles. The number of nitrogens with two attached hydrogens (primary N) is 1. The van der Waals surface area contributed by atoms with E-state index in [9.17, 15) is 29.4 Å². The number of phenols is 1. The number of carboxylic acids is 2.